The molecule has 10 heteroatoms. The molecule has 0 saturated heterocycles. The van der Waals surface area contributed by atoms with Crippen LogP contribution >= 0.6 is 0 Å². The molecule has 0 radical (unpaired) electrons. The van der Waals surface area contributed by atoms with Gasteiger partial charge in [0.05, 0.1) is 23.9 Å². The molecule has 0 bridgehead atoms. The van der Waals surface area contributed by atoms with Gasteiger partial charge in [0, 0.05) is 23.3 Å². The van der Waals surface area contributed by atoms with E-state index in [0.717, 1.165) is 10.9 Å². The van der Waals surface area contributed by atoms with Crippen LogP contribution in [0.3, 0.4) is 0 Å². The number of nitrogens with zero attached hydrogens (tertiary/aromatic N) is 4. The Balaban J connectivity index is 1.78. The molecule has 1 amide bonds. The maximum absolute atomic E-state index is 12.2. The lowest BCUT2D eigenvalue weighted by Crippen LogP contribution is -2.39. The number of halogens is 3. The summed E-state index contributed by atoms with van der Waals surface area (Å²) in [6, 6.07) is 1.84. The van der Waals surface area contributed by atoms with E-state index < -0.39 is 24.2 Å². The number of rotatable bonds is 5. The SMILES string of the molecule is CC(C)(CC(=O)NCC(F)(F)F)n1cc(-c2ncnc3[nH]ccc23)cn1. The fourth-order valence-electron chi connectivity index (χ4n) is 2.61. The van der Waals surface area contributed by atoms with Gasteiger partial charge >= 0.3 is 6.18 Å². The van der Waals surface area contributed by atoms with Gasteiger partial charge in [-0.25, -0.2) is 9.97 Å². The molecule has 2 N–H and O–H groups in total. The smallest absolute Gasteiger partial charge is 0.347 e. The van der Waals surface area contributed by atoms with E-state index in [1.54, 1.807) is 37.1 Å². The summed E-state index contributed by atoms with van der Waals surface area (Å²) in [5, 5.41) is 6.97. The molecule has 0 aliphatic rings. The molecule has 3 aromatic heterocycles. The molecule has 0 aliphatic carbocycles. The highest BCUT2D eigenvalue weighted by atomic mass is 19.4. The predicted octanol–water partition coefficient (Wildman–Crippen LogP) is 2.63. The third kappa shape index (κ3) is 3.84. The predicted molar refractivity (Wildman–Crippen MR) is 88.1 cm³/mol. The van der Waals surface area contributed by atoms with Crippen LogP contribution in [0.25, 0.3) is 22.3 Å². The van der Waals surface area contributed by atoms with Crippen molar-refractivity contribution in [3.05, 3.63) is 31.0 Å². The Morgan fingerprint density at radius 1 is 1.31 bits per heavy atom. The molecule has 0 unspecified atom stereocenters. The average Bonchev–Trinajstić information content (AvgIpc) is 3.21. The third-order valence-electron chi connectivity index (χ3n) is 3.91. The number of aromatic amines is 1. The van der Waals surface area contributed by atoms with Crippen LogP contribution in [-0.2, 0) is 10.3 Å². The number of carbonyl (C=O) groups excluding carboxylic acids is 1. The summed E-state index contributed by atoms with van der Waals surface area (Å²) in [7, 11) is 0. The highest BCUT2D eigenvalue weighted by Gasteiger charge is 2.30. The lowest BCUT2D eigenvalue weighted by molar-refractivity contribution is -0.139. The van der Waals surface area contributed by atoms with Gasteiger partial charge in [0.1, 0.15) is 18.5 Å². The van der Waals surface area contributed by atoms with Crippen LogP contribution in [0.1, 0.15) is 20.3 Å². The molecule has 3 aromatic rings. The fraction of sp³-hybridized carbons (Fsp3) is 0.375. The summed E-state index contributed by atoms with van der Waals surface area (Å²) in [5.74, 6) is -0.695. The fourth-order valence-corrected chi connectivity index (χ4v) is 2.61. The maximum Gasteiger partial charge on any atom is 0.405 e. The largest absolute Gasteiger partial charge is 0.405 e. The Bertz CT molecular complexity index is 927. The Hall–Kier alpha value is -2.91. The topological polar surface area (TPSA) is 88.5 Å². The van der Waals surface area contributed by atoms with E-state index in [1.165, 1.54) is 6.33 Å². The minimum atomic E-state index is -4.44. The molecule has 0 aliphatic heterocycles. The van der Waals surface area contributed by atoms with Crippen LogP contribution in [0.5, 0.6) is 0 Å². The number of fused-ring (bicyclic) bond motifs is 1. The Kier molecular flexibility index (Phi) is 4.43. The van der Waals surface area contributed by atoms with Gasteiger partial charge in [-0.2, -0.15) is 18.3 Å². The van der Waals surface area contributed by atoms with Crippen LogP contribution < -0.4 is 5.32 Å². The zero-order valence-electron chi connectivity index (χ0n) is 14.1. The Morgan fingerprint density at radius 3 is 2.81 bits per heavy atom. The molecular weight excluding hydrogens is 349 g/mol. The Labute approximate surface area is 146 Å². The molecule has 0 aromatic carbocycles. The van der Waals surface area contributed by atoms with E-state index in [2.05, 4.69) is 20.1 Å². The number of alkyl halides is 3. The van der Waals surface area contributed by atoms with Crippen molar-refractivity contribution in [1.82, 2.24) is 30.0 Å². The maximum atomic E-state index is 12.2. The van der Waals surface area contributed by atoms with Crippen molar-refractivity contribution in [1.29, 1.82) is 0 Å². The molecule has 7 nitrogen and oxygen atoms in total. The lowest BCUT2D eigenvalue weighted by atomic mass is 10.0. The number of amides is 1. The molecule has 138 valence electrons. The molecular formula is C16H17F3N6O. The number of aromatic nitrogens is 5. The average molecular weight is 366 g/mol. The van der Waals surface area contributed by atoms with Crippen LogP contribution in [0.15, 0.2) is 31.0 Å². The van der Waals surface area contributed by atoms with E-state index in [-0.39, 0.29) is 6.42 Å². The first-order valence-electron chi connectivity index (χ1n) is 7.83. The van der Waals surface area contributed by atoms with Crippen molar-refractivity contribution < 1.29 is 18.0 Å². The first kappa shape index (κ1) is 17.9. The summed E-state index contributed by atoms with van der Waals surface area (Å²) >= 11 is 0. The van der Waals surface area contributed by atoms with Crippen molar-refractivity contribution in [2.45, 2.75) is 32.0 Å². The monoisotopic (exact) mass is 366 g/mol. The van der Waals surface area contributed by atoms with Gasteiger partial charge in [0.15, 0.2) is 0 Å². The molecule has 3 rings (SSSR count). The Morgan fingerprint density at radius 2 is 2.08 bits per heavy atom. The van der Waals surface area contributed by atoms with Crippen LogP contribution in [0.2, 0.25) is 0 Å². The summed E-state index contributed by atoms with van der Waals surface area (Å²) in [6.07, 6.45) is 1.92. The van der Waals surface area contributed by atoms with Crippen molar-refractivity contribution in [2.24, 2.45) is 0 Å². The number of hydrogen-bond acceptors (Lipinski definition) is 4. The summed E-state index contributed by atoms with van der Waals surface area (Å²) in [5.41, 5.74) is 1.28. The van der Waals surface area contributed by atoms with E-state index in [9.17, 15) is 18.0 Å². The van der Waals surface area contributed by atoms with Crippen molar-refractivity contribution in [2.75, 3.05) is 6.54 Å². The van der Waals surface area contributed by atoms with Gasteiger partial charge in [0.2, 0.25) is 5.91 Å². The van der Waals surface area contributed by atoms with E-state index in [0.29, 0.717) is 11.3 Å². The highest BCUT2D eigenvalue weighted by molar-refractivity contribution is 5.90. The van der Waals surface area contributed by atoms with Crippen molar-refractivity contribution >= 4 is 16.9 Å². The van der Waals surface area contributed by atoms with E-state index in [1.807, 2.05) is 11.4 Å². The number of hydrogen-bond donors (Lipinski definition) is 2. The quantitative estimate of drug-likeness (QED) is 0.727. The zero-order chi connectivity index (χ0) is 18.9. The van der Waals surface area contributed by atoms with Gasteiger partial charge in [0.25, 0.3) is 0 Å². The van der Waals surface area contributed by atoms with Gasteiger partial charge < -0.3 is 10.3 Å². The summed E-state index contributed by atoms with van der Waals surface area (Å²) in [4.78, 5) is 23.2. The molecule has 0 atom stereocenters. The van der Waals surface area contributed by atoms with E-state index >= 15 is 0 Å². The van der Waals surface area contributed by atoms with Gasteiger partial charge in [-0.15, -0.1) is 0 Å². The first-order valence-corrected chi connectivity index (χ1v) is 7.83. The minimum absolute atomic E-state index is 0.145. The molecule has 0 saturated carbocycles. The van der Waals surface area contributed by atoms with Crippen molar-refractivity contribution in [3.8, 4) is 11.3 Å². The normalized spacial score (nSPS) is 12.5. The number of H-pyrrole nitrogens is 1. The van der Waals surface area contributed by atoms with Crippen LogP contribution in [0, 0.1) is 0 Å². The minimum Gasteiger partial charge on any atom is -0.347 e. The van der Waals surface area contributed by atoms with Gasteiger partial charge in [-0.1, -0.05) is 0 Å². The number of nitrogens with one attached hydrogen (secondary N) is 2. The standard InChI is InChI=1S/C16H17F3N6O/c1-15(2,5-12(26)21-8-16(17,18)19)25-7-10(6-24-25)13-11-3-4-20-14(11)23-9-22-13/h3-4,6-7,9H,5,8H2,1-2H3,(H,21,26)(H,20,22,23). The van der Waals surface area contributed by atoms with Crippen molar-refractivity contribution in [3.63, 3.8) is 0 Å². The second kappa shape index (κ2) is 6.43. The summed E-state index contributed by atoms with van der Waals surface area (Å²) < 4.78 is 38.2. The third-order valence-corrected chi connectivity index (χ3v) is 3.91. The first-order chi connectivity index (χ1) is 12.2. The van der Waals surface area contributed by atoms with Gasteiger partial charge in [-0.3, -0.25) is 9.48 Å². The zero-order valence-corrected chi connectivity index (χ0v) is 14.1. The second-order valence-corrected chi connectivity index (χ2v) is 6.52. The highest BCUT2D eigenvalue weighted by Crippen LogP contribution is 2.27. The lowest BCUT2D eigenvalue weighted by Gasteiger charge is -2.24. The van der Waals surface area contributed by atoms with Gasteiger partial charge in [-0.05, 0) is 19.9 Å². The molecule has 26 heavy (non-hydrogen) atoms. The second-order valence-electron chi connectivity index (χ2n) is 6.52. The van der Waals surface area contributed by atoms with Crippen LogP contribution in [-0.4, -0.2) is 43.4 Å². The molecule has 0 spiro atoms. The molecule has 3 heterocycles. The van der Waals surface area contributed by atoms with Crippen LogP contribution in [0.4, 0.5) is 13.2 Å². The molecule has 0 fully saturated rings. The van der Waals surface area contributed by atoms with E-state index in [4.69, 9.17) is 0 Å². The summed E-state index contributed by atoms with van der Waals surface area (Å²) in [6.45, 7) is 2.10. The number of carbonyl (C=O) groups is 1.